The number of nitrogens with two attached hydrogens (primary N) is 1. The summed E-state index contributed by atoms with van der Waals surface area (Å²) in [6.07, 6.45) is 3.21. The smallest absolute Gasteiger partial charge is 0.248 e. The molecule has 3 aromatic carbocycles. The van der Waals surface area contributed by atoms with Crippen LogP contribution in [0, 0.1) is 0 Å². The minimum absolute atomic E-state index is 0.235. The lowest BCUT2D eigenvalue weighted by Gasteiger charge is -2.11. The van der Waals surface area contributed by atoms with Gasteiger partial charge in [-0.1, -0.05) is 42.5 Å². The number of carbonyl (C=O) groups excluding carboxylic acids is 1. The number of hydrogen-bond donors (Lipinski definition) is 2. The van der Waals surface area contributed by atoms with Gasteiger partial charge in [-0.2, -0.15) is 0 Å². The number of nitrogens with one attached hydrogen (secondary N) is 1. The number of para-hydroxylation sites is 3. The van der Waals surface area contributed by atoms with Crippen LogP contribution in [0.2, 0.25) is 0 Å². The minimum atomic E-state index is -0.235. The third-order valence-corrected chi connectivity index (χ3v) is 3.48. The number of carbonyl (C=O) groups is 1. The summed E-state index contributed by atoms with van der Waals surface area (Å²) in [7, 11) is 0. The molecule has 0 spiro atoms. The molecule has 0 saturated heterocycles. The van der Waals surface area contributed by atoms with Gasteiger partial charge in [0.1, 0.15) is 5.75 Å². The van der Waals surface area contributed by atoms with Gasteiger partial charge in [0.15, 0.2) is 5.75 Å². The van der Waals surface area contributed by atoms with Crippen LogP contribution in [0.1, 0.15) is 5.56 Å². The van der Waals surface area contributed by atoms with E-state index >= 15 is 0 Å². The standard InChI is InChI=1S/C21H18N2O2/c22-17-13-10-16(11-14-17)12-15-21(24)23-19-8-4-5-9-20(19)25-18-6-2-1-3-7-18/h1-15H,22H2,(H,23,24)/b15-12+. The number of rotatable bonds is 5. The van der Waals surface area contributed by atoms with E-state index in [9.17, 15) is 4.79 Å². The maximum atomic E-state index is 12.2. The Morgan fingerprint density at radius 2 is 1.56 bits per heavy atom. The molecule has 0 bridgehead atoms. The molecule has 4 nitrogen and oxygen atoms in total. The molecular formula is C21H18N2O2. The highest BCUT2D eigenvalue weighted by atomic mass is 16.5. The molecule has 1 amide bonds. The fraction of sp³-hybridized carbons (Fsp3) is 0. The largest absolute Gasteiger partial charge is 0.455 e. The van der Waals surface area contributed by atoms with E-state index in [-0.39, 0.29) is 5.91 Å². The monoisotopic (exact) mass is 330 g/mol. The maximum Gasteiger partial charge on any atom is 0.248 e. The number of amides is 1. The van der Waals surface area contributed by atoms with Crippen molar-refractivity contribution >= 4 is 23.4 Å². The summed E-state index contributed by atoms with van der Waals surface area (Å²) in [4.78, 5) is 12.2. The summed E-state index contributed by atoms with van der Waals surface area (Å²) in [5.74, 6) is 1.06. The maximum absolute atomic E-state index is 12.2. The molecule has 0 aliphatic rings. The normalized spacial score (nSPS) is 10.6. The van der Waals surface area contributed by atoms with E-state index in [1.807, 2.05) is 60.7 Å². The van der Waals surface area contributed by atoms with E-state index in [0.717, 1.165) is 5.56 Å². The fourth-order valence-corrected chi connectivity index (χ4v) is 2.23. The topological polar surface area (TPSA) is 64.4 Å². The Kier molecular flexibility index (Phi) is 5.12. The van der Waals surface area contributed by atoms with Crippen LogP contribution in [0.5, 0.6) is 11.5 Å². The Bertz CT molecular complexity index is 872. The van der Waals surface area contributed by atoms with Gasteiger partial charge in [0.2, 0.25) is 5.91 Å². The zero-order chi connectivity index (χ0) is 17.5. The van der Waals surface area contributed by atoms with Crippen LogP contribution >= 0.6 is 0 Å². The highest BCUT2D eigenvalue weighted by Crippen LogP contribution is 2.29. The van der Waals surface area contributed by atoms with Gasteiger partial charge in [-0.25, -0.2) is 0 Å². The third-order valence-electron chi connectivity index (χ3n) is 3.48. The summed E-state index contributed by atoms with van der Waals surface area (Å²) < 4.78 is 5.83. The molecule has 0 fully saturated rings. The summed E-state index contributed by atoms with van der Waals surface area (Å²) in [5.41, 5.74) is 7.85. The van der Waals surface area contributed by atoms with Crippen molar-refractivity contribution in [2.75, 3.05) is 11.1 Å². The van der Waals surface area contributed by atoms with Crippen LogP contribution in [-0.2, 0) is 4.79 Å². The van der Waals surface area contributed by atoms with Gasteiger partial charge >= 0.3 is 0 Å². The second kappa shape index (κ2) is 7.84. The van der Waals surface area contributed by atoms with Gasteiger partial charge in [-0.05, 0) is 48.0 Å². The molecule has 0 radical (unpaired) electrons. The first-order chi connectivity index (χ1) is 12.2. The predicted molar refractivity (Wildman–Crippen MR) is 101 cm³/mol. The molecule has 124 valence electrons. The van der Waals surface area contributed by atoms with E-state index in [1.165, 1.54) is 6.08 Å². The lowest BCUT2D eigenvalue weighted by Crippen LogP contribution is -2.08. The van der Waals surface area contributed by atoms with Crippen LogP contribution in [0.25, 0.3) is 6.08 Å². The second-order valence-electron chi connectivity index (χ2n) is 5.40. The van der Waals surface area contributed by atoms with E-state index in [4.69, 9.17) is 10.5 Å². The highest BCUT2D eigenvalue weighted by Gasteiger charge is 2.06. The molecule has 0 atom stereocenters. The lowest BCUT2D eigenvalue weighted by molar-refractivity contribution is -0.111. The Morgan fingerprint density at radius 3 is 2.32 bits per heavy atom. The fourth-order valence-electron chi connectivity index (χ4n) is 2.23. The average molecular weight is 330 g/mol. The molecule has 0 heterocycles. The number of anilines is 2. The van der Waals surface area contributed by atoms with Gasteiger partial charge in [-0.15, -0.1) is 0 Å². The van der Waals surface area contributed by atoms with E-state index < -0.39 is 0 Å². The van der Waals surface area contributed by atoms with Gasteiger partial charge < -0.3 is 15.8 Å². The van der Waals surface area contributed by atoms with Crippen molar-refractivity contribution in [2.24, 2.45) is 0 Å². The molecule has 0 aromatic heterocycles. The number of hydrogen-bond acceptors (Lipinski definition) is 3. The number of nitrogen functional groups attached to an aromatic ring is 1. The van der Waals surface area contributed by atoms with Gasteiger partial charge in [-0.3, -0.25) is 4.79 Å². The first-order valence-electron chi connectivity index (χ1n) is 7.87. The SMILES string of the molecule is Nc1ccc(/C=C/C(=O)Nc2ccccc2Oc2ccccc2)cc1. The molecule has 3 aromatic rings. The summed E-state index contributed by atoms with van der Waals surface area (Å²) in [6, 6.07) is 24.0. The summed E-state index contributed by atoms with van der Waals surface area (Å²) in [5, 5.41) is 2.84. The lowest BCUT2D eigenvalue weighted by atomic mass is 10.2. The number of benzene rings is 3. The Balaban J connectivity index is 1.70. The zero-order valence-electron chi connectivity index (χ0n) is 13.6. The molecule has 4 heteroatoms. The van der Waals surface area contributed by atoms with Crippen molar-refractivity contribution in [1.29, 1.82) is 0 Å². The van der Waals surface area contributed by atoms with E-state index in [1.54, 1.807) is 24.3 Å². The van der Waals surface area contributed by atoms with Crippen LogP contribution in [0.4, 0.5) is 11.4 Å². The quantitative estimate of drug-likeness (QED) is 0.526. The highest BCUT2D eigenvalue weighted by molar-refractivity contribution is 6.02. The van der Waals surface area contributed by atoms with E-state index in [0.29, 0.717) is 22.9 Å². The summed E-state index contributed by atoms with van der Waals surface area (Å²) in [6.45, 7) is 0. The van der Waals surface area contributed by atoms with E-state index in [2.05, 4.69) is 5.32 Å². The summed E-state index contributed by atoms with van der Waals surface area (Å²) >= 11 is 0. The van der Waals surface area contributed by atoms with Gasteiger partial charge in [0.05, 0.1) is 5.69 Å². The molecule has 0 aliphatic heterocycles. The zero-order valence-corrected chi connectivity index (χ0v) is 13.6. The predicted octanol–water partition coefficient (Wildman–Crippen LogP) is 4.71. The van der Waals surface area contributed by atoms with Crippen molar-refractivity contribution in [3.05, 3.63) is 90.5 Å². The first kappa shape index (κ1) is 16.3. The molecule has 3 rings (SSSR count). The Morgan fingerprint density at radius 1 is 0.880 bits per heavy atom. The molecule has 25 heavy (non-hydrogen) atoms. The van der Waals surface area contributed by atoms with Crippen molar-refractivity contribution < 1.29 is 9.53 Å². The third kappa shape index (κ3) is 4.72. The second-order valence-corrected chi connectivity index (χ2v) is 5.40. The van der Waals surface area contributed by atoms with Crippen LogP contribution in [-0.4, -0.2) is 5.91 Å². The van der Waals surface area contributed by atoms with Crippen LogP contribution < -0.4 is 15.8 Å². The molecule has 0 unspecified atom stereocenters. The average Bonchev–Trinajstić information content (AvgIpc) is 2.64. The molecule has 3 N–H and O–H groups in total. The van der Waals surface area contributed by atoms with Crippen molar-refractivity contribution in [1.82, 2.24) is 0 Å². The first-order valence-corrected chi connectivity index (χ1v) is 7.87. The molecule has 0 aliphatic carbocycles. The van der Waals surface area contributed by atoms with Gasteiger partial charge in [0, 0.05) is 11.8 Å². The number of ether oxygens (including phenoxy) is 1. The van der Waals surface area contributed by atoms with Crippen LogP contribution in [0.3, 0.4) is 0 Å². The van der Waals surface area contributed by atoms with Crippen molar-refractivity contribution in [2.45, 2.75) is 0 Å². The Labute approximate surface area is 146 Å². The van der Waals surface area contributed by atoms with Crippen LogP contribution in [0.15, 0.2) is 84.9 Å². The van der Waals surface area contributed by atoms with Crippen molar-refractivity contribution in [3.8, 4) is 11.5 Å². The van der Waals surface area contributed by atoms with Gasteiger partial charge in [0.25, 0.3) is 0 Å². The molecule has 0 saturated carbocycles. The van der Waals surface area contributed by atoms with Crippen molar-refractivity contribution in [3.63, 3.8) is 0 Å². The Hall–Kier alpha value is -3.53. The molecular weight excluding hydrogens is 312 g/mol. The minimum Gasteiger partial charge on any atom is -0.455 e.